The van der Waals surface area contributed by atoms with Crippen LogP contribution in [0.1, 0.15) is 162 Å². The van der Waals surface area contributed by atoms with Crippen LogP contribution in [0.4, 0.5) is 0 Å². The van der Waals surface area contributed by atoms with Crippen molar-refractivity contribution in [3.8, 4) is 0 Å². The van der Waals surface area contributed by atoms with Gasteiger partial charge >= 0.3 is 11.9 Å². The van der Waals surface area contributed by atoms with Gasteiger partial charge < -0.3 is 64.2 Å². The predicted molar refractivity (Wildman–Crippen MR) is 220 cm³/mol. The van der Waals surface area contributed by atoms with Crippen LogP contribution in [0.5, 0.6) is 0 Å². The maximum atomic E-state index is 12.9. The second-order valence-electron chi connectivity index (χ2n) is 16.2. The van der Waals surface area contributed by atoms with Crippen molar-refractivity contribution in [1.82, 2.24) is 0 Å². The smallest absolute Gasteiger partial charge is 0.306 e. The minimum absolute atomic E-state index is 0.158. The number of ether oxygens (including phenoxy) is 6. The fourth-order valence-corrected chi connectivity index (χ4v) is 7.15. The Hall–Kier alpha value is -1.76. The normalized spacial score (nSPS) is 27.9. The fraction of sp³-hybridized carbons (Fsp3) is 0.909. The molecule has 0 radical (unpaired) electrons. The number of rotatable bonds is 34. The van der Waals surface area contributed by atoms with Gasteiger partial charge in [0.05, 0.1) is 19.8 Å². The van der Waals surface area contributed by atoms with Crippen LogP contribution in [0.2, 0.25) is 0 Å². The van der Waals surface area contributed by atoms with Crippen LogP contribution in [0.25, 0.3) is 0 Å². The van der Waals surface area contributed by atoms with Crippen LogP contribution in [-0.4, -0.2) is 142 Å². The summed E-state index contributed by atoms with van der Waals surface area (Å²) in [7, 11) is 0. The molecule has 2 aliphatic rings. The topological polar surface area (TPSA) is 231 Å². The van der Waals surface area contributed by atoms with E-state index in [2.05, 4.69) is 26.0 Å². The van der Waals surface area contributed by atoms with E-state index in [1.807, 2.05) is 0 Å². The first-order valence-electron chi connectivity index (χ1n) is 22.8. The summed E-state index contributed by atoms with van der Waals surface area (Å²) in [6.07, 6.45) is 11.2. The molecule has 7 N–H and O–H groups in total. The predicted octanol–water partition coefficient (Wildman–Crippen LogP) is 4.65. The summed E-state index contributed by atoms with van der Waals surface area (Å²) in [5.74, 6) is -0.935. The van der Waals surface area contributed by atoms with E-state index in [9.17, 15) is 45.3 Å². The molecule has 0 spiro atoms. The van der Waals surface area contributed by atoms with Crippen LogP contribution in [0.15, 0.2) is 12.2 Å². The molecule has 0 aromatic carbocycles. The van der Waals surface area contributed by atoms with E-state index in [1.165, 1.54) is 64.2 Å². The Morgan fingerprint density at radius 1 is 0.525 bits per heavy atom. The number of aliphatic hydroxyl groups excluding tert-OH is 7. The fourth-order valence-electron chi connectivity index (χ4n) is 7.15. The van der Waals surface area contributed by atoms with Crippen LogP contribution in [-0.2, 0) is 38.0 Å². The van der Waals surface area contributed by atoms with Crippen molar-refractivity contribution < 1.29 is 73.8 Å². The van der Waals surface area contributed by atoms with E-state index in [0.717, 1.165) is 57.8 Å². The van der Waals surface area contributed by atoms with Gasteiger partial charge in [0.15, 0.2) is 18.7 Å². The van der Waals surface area contributed by atoms with Crippen molar-refractivity contribution in [3.05, 3.63) is 12.2 Å². The Balaban J connectivity index is 1.86. The standard InChI is InChI=1S/C44H80O15/c1-3-5-7-9-11-13-14-15-16-17-19-21-23-25-27-36(47)57-32(29-54-35(46)26-24-22-20-18-12-10-8-6-4-2)30-55-43-42(53)40(51)38(49)34(59-43)31-56-44-41(52)39(50)37(48)33(28-45)58-44/h14-15,32-34,37-45,48-53H,3-13,16-31H2,1-2H3/b15-14-. The molecular formula is C44H80O15. The second kappa shape index (κ2) is 32.9. The van der Waals surface area contributed by atoms with Gasteiger partial charge in [-0.25, -0.2) is 0 Å². The summed E-state index contributed by atoms with van der Waals surface area (Å²) in [6, 6.07) is 0. The van der Waals surface area contributed by atoms with Gasteiger partial charge in [-0.15, -0.1) is 0 Å². The van der Waals surface area contributed by atoms with Gasteiger partial charge in [-0.05, 0) is 38.5 Å². The Labute approximate surface area is 352 Å². The zero-order valence-electron chi connectivity index (χ0n) is 36.0. The van der Waals surface area contributed by atoms with E-state index in [-0.39, 0.29) is 26.1 Å². The van der Waals surface area contributed by atoms with Crippen LogP contribution in [0, 0.1) is 0 Å². The third-order valence-electron chi connectivity index (χ3n) is 11.0. The van der Waals surface area contributed by atoms with E-state index < -0.39 is 92.7 Å². The van der Waals surface area contributed by atoms with Gasteiger partial charge in [0.2, 0.25) is 0 Å². The van der Waals surface area contributed by atoms with Crippen molar-refractivity contribution >= 4 is 11.9 Å². The van der Waals surface area contributed by atoms with E-state index in [4.69, 9.17) is 28.4 Å². The molecule has 0 saturated carbocycles. The van der Waals surface area contributed by atoms with E-state index in [0.29, 0.717) is 12.8 Å². The molecule has 0 amide bonds. The molecule has 0 aromatic heterocycles. The molecule has 11 unspecified atom stereocenters. The maximum absolute atomic E-state index is 12.9. The molecular weight excluding hydrogens is 768 g/mol. The van der Waals surface area contributed by atoms with Crippen LogP contribution in [0.3, 0.4) is 0 Å². The molecule has 15 nitrogen and oxygen atoms in total. The van der Waals surface area contributed by atoms with Crippen molar-refractivity contribution in [1.29, 1.82) is 0 Å². The summed E-state index contributed by atoms with van der Waals surface area (Å²) in [5.41, 5.74) is 0. The van der Waals surface area contributed by atoms with E-state index in [1.54, 1.807) is 0 Å². The highest BCUT2D eigenvalue weighted by Gasteiger charge is 2.47. The lowest BCUT2D eigenvalue weighted by atomic mass is 9.98. The molecule has 0 bridgehead atoms. The van der Waals surface area contributed by atoms with Crippen molar-refractivity contribution in [2.24, 2.45) is 0 Å². The van der Waals surface area contributed by atoms with Crippen LogP contribution >= 0.6 is 0 Å². The number of allylic oxidation sites excluding steroid dienone is 2. The highest BCUT2D eigenvalue weighted by Crippen LogP contribution is 2.26. The third-order valence-corrected chi connectivity index (χ3v) is 11.0. The Bertz CT molecular complexity index is 1090. The molecule has 15 heteroatoms. The summed E-state index contributed by atoms with van der Waals surface area (Å²) < 4.78 is 33.4. The van der Waals surface area contributed by atoms with Crippen molar-refractivity contribution in [2.45, 2.75) is 229 Å². The van der Waals surface area contributed by atoms with Crippen LogP contribution < -0.4 is 0 Å². The number of carbonyl (C=O) groups excluding carboxylic acids is 2. The molecule has 11 atom stereocenters. The number of unbranched alkanes of at least 4 members (excludes halogenated alkanes) is 18. The largest absolute Gasteiger partial charge is 0.462 e. The summed E-state index contributed by atoms with van der Waals surface area (Å²) in [4.78, 5) is 25.5. The zero-order chi connectivity index (χ0) is 43.3. The average Bonchev–Trinajstić information content (AvgIpc) is 3.23. The van der Waals surface area contributed by atoms with Crippen molar-refractivity contribution in [3.63, 3.8) is 0 Å². The van der Waals surface area contributed by atoms with Gasteiger partial charge in [-0.3, -0.25) is 9.59 Å². The molecule has 0 aliphatic carbocycles. The minimum atomic E-state index is -1.76. The summed E-state index contributed by atoms with van der Waals surface area (Å²) >= 11 is 0. The molecule has 0 aromatic rings. The lowest BCUT2D eigenvalue weighted by molar-refractivity contribution is -0.332. The highest BCUT2D eigenvalue weighted by molar-refractivity contribution is 5.70. The lowest BCUT2D eigenvalue weighted by Crippen LogP contribution is -2.61. The minimum Gasteiger partial charge on any atom is -0.462 e. The van der Waals surface area contributed by atoms with Gasteiger partial charge in [-0.1, -0.05) is 122 Å². The van der Waals surface area contributed by atoms with Gasteiger partial charge in [0, 0.05) is 12.8 Å². The molecule has 2 aliphatic heterocycles. The molecule has 2 rings (SSSR count). The molecule has 2 heterocycles. The number of carbonyl (C=O) groups is 2. The second-order valence-corrected chi connectivity index (χ2v) is 16.2. The first kappa shape index (κ1) is 53.4. The van der Waals surface area contributed by atoms with Gasteiger partial charge in [-0.2, -0.15) is 0 Å². The Morgan fingerprint density at radius 2 is 0.966 bits per heavy atom. The molecule has 2 fully saturated rings. The first-order valence-corrected chi connectivity index (χ1v) is 22.8. The maximum Gasteiger partial charge on any atom is 0.306 e. The summed E-state index contributed by atoms with van der Waals surface area (Å²) in [6.45, 7) is 2.53. The van der Waals surface area contributed by atoms with Crippen molar-refractivity contribution in [2.75, 3.05) is 26.4 Å². The quantitative estimate of drug-likeness (QED) is 0.0266. The monoisotopic (exact) mass is 849 g/mol. The molecule has 346 valence electrons. The number of esters is 2. The number of hydrogen-bond donors (Lipinski definition) is 7. The zero-order valence-corrected chi connectivity index (χ0v) is 36.0. The van der Waals surface area contributed by atoms with E-state index >= 15 is 0 Å². The molecule has 2 saturated heterocycles. The summed E-state index contributed by atoms with van der Waals surface area (Å²) in [5, 5.41) is 71.8. The number of aliphatic hydroxyl groups is 7. The first-order chi connectivity index (χ1) is 28.5. The lowest BCUT2D eigenvalue weighted by Gasteiger charge is -2.42. The molecule has 59 heavy (non-hydrogen) atoms. The average molecular weight is 849 g/mol. The highest BCUT2D eigenvalue weighted by atomic mass is 16.7. The number of hydrogen-bond acceptors (Lipinski definition) is 15. The Morgan fingerprint density at radius 3 is 1.49 bits per heavy atom. The SMILES string of the molecule is CCCCCCC/C=C\CCCCCCCC(=O)OC(COC(=O)CCCCCCCCCCC)COC1OC(COC2OC(CO)C(O)C(O)C2O)C(O)C(O)C1O. The third kappa shape index (κ3) is 22.2. The Kier molecular flexibility index (Phi) is 29.8. The van der Waals surface area contributed by atoms with Gasteiger partial charge in [0.25, 0.3) is 0 Å². The van der Waals surface area contributed by atoms with Gasteiger partial charge in [0.1, 0.15) is 55.4 Å².